The molecule has 0 aliphatic rings. The molecule has 1 unspecified atom stereocenters. The highest BCUT2D eigenvalue weighted by Crippen LogP contribution is 2.23. The molecule has 110 valence electrons. The zero-order valence-corrected chi connectivity index (χ0v) is 11.8. The Morgan fingerprint density at radius 3 is 2.24 bits per heavy atom. The van der Waals surface area contributed by atoms with Crippen LogP contribution in [-0.2, 0) is 0 Å². The third kappa shape index (κ3) is 4.42. The van der Waals surface area contributed by atoms with Crippen LogP contribution >= 0.6 is 0 Å². The molecule has 0 heterocycles. The number of ether oxygens (including phenoxy) is 2. The van der Waals surface area contributed by atoms with Crippen LogP contribution in [0.5, 0.6) is 17.2 Å². The SMILES string of the molecule is CC(COc1ccc(Oc2ccccc2)cc1)/C(N)=N/O. The Hall–Kier alpha value is -2.69. The first-order valence-electron chi connectivity index (χ1n) is 6.62. The predicted octanol–water partition coefficient (Wildman–Crippen LogP) is 3.24. The first-order valence-corrected chi connectivity index (χ1v) is 6.62. The standard InChI is InChI=1S/C16H18N2O3/c1-12(16(17)18-19)11-20-13-7-9-15(10-8-13)21-14-5-3-2-4-6-14/h2-10,12,19H,11H2,1H3,(H2,17,18). The van der Waals surface area contributed by atoms with Crippen molar-refractivity contribution in [1.82, 2.24) is 0 Å². The van der Waals surface area contributed by atoms with Gasteiger partial charge in [0.2, 0.25) is 0 Å². The van der Waals surface area contributed by atoms with Gasteiger partial charge in [-0.25, -0.2) is 0 Å². The van der Waals surface area contributed by atoms with Crippen molar-refractivity contribution < 1.29 is 14.7 Å². The lowest BCUT2D eigenvalue weighted by Crippen LogP contribution is -2.26. The molecule has 5 heteroatoms. The van der Waals surface area contributed by atoms with E-state index in [1.165, 1.54) is 0 Å². The molecule has 0 radical (unpaired) electrons. The Morgan fingerprint density at radius 2 is 1.62 bits per heavy atom. The van der Waals surface area contributed by atoms with Crippen molar-refractivity contribution in [3.8, 4) is 17.2 Å². The van der Waals surface area contributed by atoms with E-state index < -0.39 is 0 Å². The average Bonchev–Trinajstić information content (AvgIpc) is 2.54. The largest absolute Gasteiger partial charge is 0.493 e. The number of hydrogen-bond donors (Lipinski definition) is 2. The Balaban J connectivity index is 1.90. The van der Waals surface area contributed by atoms with Gasteiger partial charge in [0.25, 0.3) is 0 Å². The van der Waals surface area contributed by atoms with Crippen LogP contribution in [0.3, 0.4) is 0 Å². The average molecular weight is 286 g/mol. The van der Waals surface area contributed by atoms with Gasteiger partial charge >= 0.3 is 0 Å². The van der Waals surface area contributed by atoms with Crippen molar-refractivity contribution in [2.75, 3.05) is 6.61 Å². The molecule has 2 aromatic rings. The van der Waals surface area contributed by atoms with Gasteiger partial charge in [0.15, 0.2) is 0 Å². The smallest absolute Gasteiger partial charge is 0.145 e. The van der Waals surface area contributed by atoms with Crippen molar-refractivity contribution in [2.45, 2.75) is 6.92 Å². The first kappa shape index (κ1) is 14.7. The van der Waals surface area contributed by atoms with Crippen molar-refractivity contribution in [3.05, 3.63) is 54.6 Å². The fourth-order valence-electron chi connectivity index (χ4n) is 1.63. The minimum Gasteiger partial charge on any atom is -0.493 e. The lowest BCUT2D eigenvalue weighted by atomic mass is 10.2. The topological polar surface area (TPSA) is 77.1 Å². The van der Waals surface area contributed by atoms with Gasteiger partial charge in [0.05, 0.1) is 12.5 Å². The molecule has 0 aliphatic carbocycles. The van der Waals surface area contributed by atoms with Gasteiger partial charge in [-0.2, -0.15) is 0 Å². The number of benzene rings is 2. The highest BCUT2D eigenvalue weighted by atomic mass is 16.5. The summed E-state index contributed by atoms with van der Waals surface area (Å²) in [5, 5.41) is 11.5. The molecule has 0 aromatic heterocycles. The van der Waals surface area contributed by atoms with Crippen LogP contribution in [0.4, 0.5) is 0 Å². The third-order valence-electron chi connectivity index (χ3n) is 2.92. The Kier molecular flexibility index (Phi) is 5.04. The molecule has 0 bridgehead atoms. The van der Waals surface area contributed by atoms with Crippen LogP contribution in [0.1, 0.15) is 6.92 Å². The molecule has 0 spiro atoms. The van der Waals surface area contributed by atoms with E-state index in [1.54, 1.807) is 0 Å². The van der Waals surface area contributed by atoms with Crippen molar-refractivity contribution in [2.24, 2.45) is 16.8 Å². The lowest BCUT2D eigenvalue weighted by molar-refractivity contribution is 0.279. The second-order valence-corrected chi connectivity index (χ2v) is 4.62. The zero-order valence-electron chi connectivity index (χ0n) is 11.8. The summed E-state index contributed by atoms with van der Waals surface area (Å²) in [4.78, 5) is 0. The molecule has 5 nitrogen and oxygen atoms in total. The predicted molar refractivity (Wildman–Crippen MR) is 81.0 cm³/mol. The molecule has 3 N–H and O–H groups in total. The van der Waals surface area contributed by atoms with Crippen LogP contribution in [0.15, 0.2) is 59.8 Å². The van der Waals surface area contributed by atoms with E-state index >= 15 is 0 Å². The normalized spacial score (nSPS) is 12.7. The minimum absolute atomic E-state index is 0.152. The summed E-state index contributed by atoms with van der Waals surface area (Å²) in [6, 6.07) is 16.8. The van der Waals surface area contributed by atoms with Crippen LogP contribution < -0.4 is 15.2 Å². The Bertz CT molecular complexity index is 582. The van der Waals surface area contributed by atoms with Gasteiger partial charge in [0.1, 0.15) is 23.1 Å². The van der Waals surface area contributed by atoms with Crippen LogP contribution in [0, 0.1) is 5.92 Å². The number of rotatable bonds is 6. The molecular weight excluding hydrogens is 268 g/mol. The zero-order chi connectivity index (χ0) is 15.1. The number of amidine groups is 1. The van der Waals surface area contributed by atoms with Crippen LogP contribution in [-0.4, -0.2) is 17.6 Å². The molecule has 0 saturated heterocycles. The Morgan fingerprint density at radius 1 is 1.05 bits per heavy atom. The summed E-state index contributed by atoms with van der Waals surface area (Å²) in [7, 11) is 0. The molecule has 2 aromatic carbocycles. The second kappa shape index (κ2) is 7.19. The van der Waals surface area contributed by atoms with E-state index in [0.717, 1.165) is 11.5 Å². The van der Waals surface area contributed by atoms with E-state index in [1.807, 2.05) is 61.5 Å². The van der Waals surface area contributed by atoms with Crippen molar-refractivity contribution in [1.29, 1.82) is 0 Å². The maximum atomic E-state index is 8.57. The molecule has 0 saturated carbocycles. The van der Waals surface area contributed by atoms with Gasteiger partial charge in [-0.3, -0.25) is 0 Å². The van der Waals surface area contributed by atoms with Crippen LogP contribution in [0.25, 0.3) is 0 Å². The molecular formula is C16H18N2O3. The summed E-state index contributed by atoms with van der Waals surface area (Å²) < 4.78 is 11.3. The summed E-state index contributed by atoms with van der Waals surface area (Å²) >= 11 is 0. The maximum absolute atomic E-state index is 8.57. The fraction of sp³-hybridized carbons (Fsp3) is 0.188. The van der Waals surface area contributed by atoms with E-state index in [-0.39, 0.29) is 11.8 Å². The van der Waals surface area contributed by atoms with Crippen molar-refractivity contribution >= 4 is 5.84 Å². The van der Waals surface area contributed by atoms with Gasteiger partial charge in [-0.15, -0.1) is 0 Å². The summed E-state index contributed by atoms with van der Waals surface area (Å²) in [5.41, 5.74) is 5.49. The quantitative estimate of drug-likeness (QED) is 0.370. The lowest BCUT2D eigenvalue weighted by Gasteiger charge is -2.12. The van der Waals surface area contributed by atoms with Gasteiger partial charge in [0, 0.05) is 0 Å². The van der Waals surface area contributed by atoms with E-state index in [2.05, 4.69) is 5.16 Å². The molecule has 1 atom stereocenters. The molecule has 0 amide bonds. The minimum atomic E-state index is -0.157. The summed E-state index contributed by atoms with van der Waals surface area (Å²) in [6.07, 6.45) is 0. The molecule has 0 aliphatic heterocycles. The van der Waals surface area contributed by atoms with E-state index in [0.29, 0.717) is 12.4 Å². The molecule has 21 heavy (non-hydrogen) atoms. The number of hydrogen-bond acceptors (Lipinski definition) is 4. The van der Waals surface area contributed by atoms with E-state index in [4.69, 9.17) is 20.4 Å². The number of nitrogens with two attached hydrogens (primary N) is 1. The Labute approximate surface area is 123 Å². The number of oxime groups is 1. The first-order chi connectivity index (χ1) is 10.2. The number of para-hydroxylation sites is 1. The molecule has 2 rings (SSSR count). The fourth-order valence-corrected chi connectivity index (χ4v) is 1.63. The summed E-state index contributed by atoms with van der Waals surface area (Å²) in [5.74, 6) is 2.21. The molecule has 0 fully saturated rings. The second-order valence-electron chi connectivity index (χ2n) is 4.62. The highest BCUT2D eigenvalue weighted by molar-refractivity contribution is 5.81. The van der Waals surface area contributed by atoms with E-state index in [9.17, 15) is 0 Å². The van der Waals surface area contributed by atoms with Gasteiger partial charge in [-0.1, -0.05) is 30.3 Å². The van der Waals surface area contributed by atoms with Crippen molar-refractivity contribution in [3.63, 3.8) is 0 Å². The number of nitrogens with zero attached hydrogens (tertiary/aromatic N) is 1. The highest BCUT2D eigenvalue weighted by Gasteiger charge is 2.08. The van der Waals surface area contributed by atoms with Crippen LogP contribution in [0.2, 0.25) is 0 Å². The monoisotopic (exact) mass is 286 g/mol. The van der Waals surface area contributed by atoms with Gasteiger partial charge in [-0.05, 0) is 36.4 Å². The maximum Gasteiger partial charge on any atom is 0.145 e. The van der Waals surface area contributed by atoms with Gasteiger partial charge < -0.3 is 20.4 Å². The third-order valence-corrected chi connectivity index (χ3v) is 2.92. The summed E-state index contributed by atoms with van der Waals surface area (Å²) in [6.45, 7) is 2.16.